The molecule has 4 heteroatoms. The molecule has 1 heterocycles. The maximum atomic E-state index is 5.73. The van der Waals surface area contributed by atoms with Crippen molar-refractivity contribution in [2.75, 3.05) is 0 Å². The predicted molar refractivity (Wildman–Crippen MR) is 73.6 cm³/mol. The van der Waals surface area contributed by atoms with Crippen molar-refractivity contribution in [3.8, 4) is 5.88 Å². The molecule has 0 saturated heterocycles. The molecule has 102 valence electrons. The fourth-order valence-corrected chi connectivity index (χ4v) is 1.56. The Hall–Kier alpha value is -1.16. The van der Waals surface area contributed by atoms with E-state index in [1.165, 1.54) is 0 Å². The molecular weight excluding hydrogens is 226 g/mol. The van der Waals surface area contributed by atoms with E-state index in [2.05, 4.69) is 49.9 Å². The van der Waals surface area contributed by atoms with E-state index in [1.54, 1.807) is 12.4 Å². The Morgan fingerprint density at radius 3 is 2.67 bits per heavy atom. The van der Waals surface area contributed by atoms with Crippen LogP contribution in [0, 0.1) is 0 Å². The molecule has 4 nitrogen and oxygen atoms in total. The molecule has 1 unspecified atom stereocenters. The largest absolute Gasteiger partial charge is 0.474 e. The van der Waals surface area contributed by atoms with Crippen LogP contribution in [0.5, 0.6) is 5.88 Å². The quantitative estimate of drug-likeness (QED) is 0.844. The van der Waals surface area contributed by atoms with E-state index in [4.69, 9.17) is 4.74 Å². The third-order valence-electron chi connectivity index (χ3n) is 2.48. The number of aromatic nitrogens is 2. The second-order valence-corrected chi connectivity index (χ2v) is 5.67. The molecule has 1 aromatic heterocycles. The summed E-state index contributed by atoms with van der Waals surface area (Å²) in [6, 6.07) is 0. The summed E-state index contributed by atoms with van der Waals surface area (Å²) in [5.74, 6) is 0.615. The summed E-state index contributed by atoms with van der Waals surface area (Å²) in [5, 5.41) is 3.39. The Bertz CT molecular complexity index is 360. The topological polar surface area (TPSA) is 47.0 Å². The molecule has 0 aliphatic rings. The van der Waals surface area contributed by atoms with E-state index in [-0.39, 0.29) is 11.6 Å². The van der Waals surface area contributed by atoms with E-state index in [0.29, 0.717) is 12.4 Å². The van der Waals surface area contributed by atoms with Gasteiger partial charge in [0, 0.05) is 18.3 Å². The molecule has 1 aromatic rings. The molecule has 1 N–H and O–H groups in total. The molecule has 0 spiro atoms. The molecular formula is C14H25N3O. The number of hydrogen-bond donors (Lipinski definition) is 1. The average Bonchev–Trinajstić information content (AvgIpc) is 2.26. The van der Waals surface area contributed by atoms with Gasteiger partial charge in [0.25, 0.3) is 0 Å². The first-order valence-electron chi connectivity index (χ1n) is 6.63. The van der Waals surface area contributed by atoms with Gasteiger partial charge in [-0.2, -0.15) is 0 Å². The highest BCUT2D eigenvalue weighted by Gasteiger charge is 2.10. The van der Waals surface area contributed by atoms with Crippen LogP contribution >= 0.6 is 0 Å². The van der Waals surface area contributed by atoms with Crippen molar-refractivity contribution >= 4 is 0 Å². The smallest absolute Gasteiger partial charge is 0.232 e. The molecule has 0 amide bonds. The number of rotatable bonds is 6. The first-order chi connectivity index (χ1) is 8.40. The third kappa shape index (κ3) is 5.96. The summed E-state index contributed by atoms with van der Waals surface area (Å²) in [6.45, 7) is 11.3. The first-order valence-corrected chi connectivity index (χ1v) is 6.63. The predicted octanol–water partition coefficient (Wildman–Crippen LogP) is 2.93. The second kappa shape index (κ2) is 6.69. The lowest BCUT2D eigenvalue weighted by Gasteiger charge is -2.20. The van der Waals surface area contributed by atoms with Gasteiger partial charge in [-0.3, -0.25) is 4.98 Å². The lowest BCUT2D eigenvalue weighted by Crippen LogP contribution is -2.35. The summed E-state index contributed by atoms with van der Waals surface area (Å²) in [4.78, 5) is 8.62. The van der Waals surface area contributed by atoms with Gasteiger partial charge < -0.3 is 10.1 Å². The van der Waals surface area contributed by atoms with Crippen molar-refractivity contribution in [1.29, 1.82) is 0 Å². The van der Waals surface area contributed by atoms with Crippen LogP contribution in [0.4, 0.5) is 0 Å². The first kappa shape index (κ1) is 14.9. The van der Waals surface area contributed by atoms with Gasteiger partial charge in [0.05, 0.1) is 18.0 Å². The molecule has 0 aliphatic carbocycles. The van der Waals surface area contributed by atoms with Gasteiger partial charge in [-0.25, -0.2) is 4.98 Å². The van der Waals surface area contributed by atoms with Gasteiger partial charge in [-0.1, -0.05) is 13.3 Å². The normalized spacial score (nSPS) is 13.4. The number of nitrogens with one attached hydrogen (secondary N) is 1. The van der Waals surface area contributed by atoms with E-state index < -0.39 is 0 Å². The van der Waals surface area contributed by atoms with Crippen molar-refractivity contribution in [2.24, 2.45) is 0 Å². The summed E-state index contributed by atoms with van der Waals surface area (Å²) in [5.41, 5.74) is 0.986. The SMILES string of the molecule is CCCC(C)Oc1cncc(CNC(C)(C)C)n1. The fourth-order valence-electron chi connectivity index (χ4n) is 1.56. The monoisotopic (exact) mass is 251 g/mol. The minimum absolute atomic E-state index is 0.0774. The van der Waals surface area contributed by atoms with Gasteiger partial charge >= 0.3 is 0 Å². The Balaban J connectivity index is 2.56. The molecule has 1 atom stereocenters. The van der Waals surface area contributed by atoms with Crippen LogP contribution in [0.3, 0.4) is 0 Å². The van der Waals surface area contributed by atoms with Crippen molar-refractivity contribution in [1.82, 2.24) is 15.3 Å². The number of ether oxygens (including phenoxy) is 1. The minimum Gasteiger partial charge on any atom is -0.474 e. The standard InChI is InChI=1S/C14H25N3O/c1-6-7-11(2)18-13-10-15-8-12(17-13)9-16-14(3,4)5/h8,10-11,16H,6-7,9H2,1-5H3. The van der Waals surface area contributed by atoms with Crippen molar-refractivity contribution in [2.45, 2.75) is 65.6 Å². The molecule has 18 heavy (non-hydrogen) atoms. The molecule has 1 rings (SSSR count). The van der Waals surface area contributed by atoms with E-state index in [9.17, 15) is 0 Å². The zero-order valence-electron chi connectivity index (χ0n) is 12.2. The third-order valence-corrected chi connectivity index (χ3v) is 2.48. The zero-order chi connectivity index (χ0) is 13.6. The lowest BCUT2D eigenvalue weighted by molar-refractivity contribution is 0.200. The highest BCUT2D eigenvalue weighted by Crippen LogP contribution is 2.11. The summed E-state index contributed by atoms with van der Waals surface area (Å²) >= 11 is 0. The number of nitrogens with zero attached hydrogens (tertiary/aromatic N) is 2. The van der Waals surface area contributed by atoms with Crippen LogP contribution in [-0.4, -0.2) is 21.6 Å². The van der Waals surface area contributed by atoms with Crippen LogP contribution in [0.15, 0.2) is 12.4 Å². The fraction of sp³-hybridized carbons (Fsp3) is 0.714. The molecule has 0 saturated carbocycles. The van der Waals surface area contributed by atoms with Crippen molar-refractivity contribution in [3.05, 3.63) is 18.1 Å². The van der Waals surface area contributed by atoms with Gasteiger partial charge in [0.1, 0.15) is 0 Å². The van der Waals surface area contributed by atoms with E-state index in [0.717, 1.165) is 18.5 Å². The van der Waals surface area contributed by atoms with Gasteiger partial charge in [-0.15, -0.1) is 0 Å². The molecule has 0 aliphatic heterocycles. The lowest BCUT2D eigenvalue weighted by atomic mass is 10.1. The van der Waals surface area contributed by atoms with Crippen LogP contribution < -0.4 is 10.1 Å². The minimum atomic E-state index is 0.0774. The maximum Gasteiger partial charge on any atom is 0.232 e. The molecule has 0 radical (unpaired) electrons. The Morgan fingerprint density at radius 1 is 1.33 bits per heavy atom. The summed E-state index contributed by atoms with van der Waals surface area (Å²) in [7, 11) is 0. The Morgan fingerprint density at radius 2 is 2.06 bits per heavy atom. The molecule has 0 fully saturated rings. The van der Waals surface area contributed by atoms with E-state index in [1.807, 2.05) is 0 Å². The highest BCUT2D eigenvalue weighted by molar-refractivity contribution is 5.08. The van der Waals surface area contributed by atoms with Crippen molar-refractivity contribution < 1.29 is 4.74 Å². The van der Waals surface area contributed by atoms with Gasteiger partial charge in [0.15, 0.2) is 0 Å². The van der Waals surface area contributed by atoms with Crippen molar-refractivity contribution in [3.63, 3.8) is 0 Å². The van der Waals surface area contributed by atoms with Gasteiger partial charge in [-0.05, 0) is 34.1 Å². The van der Waals surface area contributed by atoms with Crippen LogP contribution in [-0.2, 0) is 6.54 Å². The molecule has 0 bridgehead atoms. The molecule has 0 aromatic carbocycles. The zero-order valence-corrected chi connectivity index (χ0v) is 12.2. The van der Waals surface area contributed by atoms with Crippen LogP contribution in [0.25, 0.3) is 0 Å². The second-order valence-electron chi connectivity index (χ2n) is 5.67. The Kier molecular flexibility index (Phi) is 5.54. The maximum absolute atomic E-state index is 5.73. The van der Waals surface area contributed by atoms with Crippen LogP contribution in [0.2, 0.25) is 0 Å². The Labute approximate surface area is 110 Å². The number of hydrogen-bond acceptors (Lipinski definition) is 4. The average molecular weight is 251 g/mol. The van der Waals surface area contributed by atoms with Crippen LogP contribution in [0.1, 0.15) is 53.2 Å². The van der Waals surface area contributed by atoms with E-state index >= 15 is 0 Å². The van der Waals surface area contributed by atoms with Gasteiger partial charge in [0.2, 0.25) is 5.88 Å². The summed E-state index contributed by atoms with van der Waals surface area (Å²) in [6.07, 6.45) is 5.78. The highest BCUT2D eigenvalue weighted by atomic mass is 16.5. The summed E-state index contributed by atoms with van der Waals surface area (Å²) < 4.78 is 5.73.